The smallest absolute Gasteiger partial charge is 0.274 e. The number of ether oxygens (including phenoxy) is 1. The minimum Gasteiger partial charge on any atom is -0.508 e. The third-order valence-corrected chi connectivity index (χ3v) is 9.15. The summed E-state index contributed by atoms with van der Waals surface area (Å²) in [6, 6.07) is 18.3. The molecule has 4 aromatic rings. The zero-order valence-electron chi connectivity index (χ0n) is 19.6. The average Bonchev–Trinajstić information content (AvgIpc) is 3.51. The number of thiazole rings is 1. The van der Waals surface area contributed by atoms with Crippen LogP contribution >= 0.6 is 34.9 Å². The van der Waals surface area contributed by atoms with Crippen LogP contribution in [0.4, 0.5) is 17.1 Å². The zero-order chi connectivity index (χ0) is 25.0. The summed E-state index contributed by atoms with van der Waals surface area (Å²) in [7, 11) is 3.59. The Morgan fingerprint density at radius 3 is 2.61 bits per heavy atom. The maximum absolute atomic E-state index is 13.8. The molecule has 2 aliphatic heterocycles. The van der Waals surface area contributed by atoms with E-state index in [-0.39, 0.29) is 11.7 Å². The first kappa shape index (κ1) is 23.0. The molecular formula is C26H20N4O3S3. The Balaban J connectivity index is 1.45. The van der Waals surface area contributed by atoms with Crippen LogP contribution in [-0.2, 0) is 4.79 Å². The number of benzene rings is 3. The lowest BCUT2D eigenvalue weighted by Crippen LogP contribution is -2.29. The molecule has 0 bridgehead atoms. The van der Waals surface area contributed by atoms with Crippen LogP contribution < -0.4 is 14.5 Å². The van der Waals surface area contributed by atoms with Crippen LogP contribution in [0, 0.1) is 6.92 Å². The Labute approximate surface area is 220 Å². The van der Waals surface area contributed by atoms with Crippen LogP contribution in [0.25, 0.3) is 10.2 Å². The molecule has 10 heteroatoms. The van der Waals surface area contributed by atoms with Gasteiger partial charge in [-0.25, -0.2) is 9.98 Å². The number of amides is 1. The van der Waals surface area contributed by atoms with Crippen molar-refractivity contribution in [1.29, 1.82) is 0 Å². The number of methoxy groups -OCH3 is 1. The number of amidine groups is 1. The summed E-state index contributed by atoms with van der Waals surface area (Å²) in [5, 5.41) is 12.2. The van der Waals surface area contributed by atoms with E-state index < -0.39 is 0 Å². The van der Waals surface area contributed by atoms with Gasteiger partial charge in [-0.05, 0) is 73.3 Å². The predicted octanol–water partition coefficient (Wildman–Crippen LogP) is 6.50. The Bertz CT molecular complexity index is 1590. The SMILES string of the molecule is COc1ccc2c(c1)N(C)/C(=C1/SC(=Nc3ccc4nc(C)sc4c3)N(c3ccc(O)cc3)C1=O)S2. The van der Waals surface area contributed by atoms with E-state index in [1.165, 1.54) is 11.8 Å². The van der Waals surface area contributed by atoms with E-state index in [1.807, 2.05) is 55.3 Å². The maximum Gasteiger partial charge on any atom is 0.274 e. The molecule has 0 atom stereocenters. The second-order valence-corrected chi connectivity index (χ2v) is 11.4. The van der Waals surface area contributed by atoms with Crippen LogP contribution in [0.15, 0.2) is 80.5 Å². The summed E-state index contributed by atoms with van der Waals surface area (Å²) in [6.45, 7) is 1.98. The number of nitrogens with zero attached hydrogens (tertiary/aromatic N) is 4. The highest BCUT2D eigenvalue weighted by Crippen LogP contribution is 2.51. The number of phenols is 1. The molecule has 1 fully saturated rings. The monoisotopic (exact) mass is 532 g/mol. The number of aromatic hydroxyl groups is 1. The molecule has 2 aliphatic rings. The van der Waals surface area contributed by atoms with Crippen molar-refractivity contribution < 1.29 is 14.6 Å². The lowest BCUT2D eigenvalue weighted by Gasteiger charge is -2.17. The van der Waals surface area contributed by atoms with Crippen LogP contribution in [0.2, 0.25) is 0 Å². The first-order valence-electron chi connectivity index (χ1n) is 11.0. The highest BCUT2D eigenvalue weighted by molar-refractivity contribution is 8.20. The lowest BCUT2D eigenvalue weighted by atomic mass is 10.2. The number of aromatic nitrogens is 1. The Morgan fingerprint density at radius 2 is 1.83 bits per heavy atom. The van der Waals surface area contributed by atoms with Gasteiger partial charge < -0.3 is 14.7 Å². The summed E-state index contributed by atoms with van der Waals surface area (Å²) in [5.74, 6) is 0.740. The van der Waals surface area contributed by atoms with Crippen molar-refractivity contribution >= 4 is 73.2 Å². The summed E-state index contributed by atoms with van der Waals surface area (Å²) in [5.41, 5.74) is 3.31. The molecule has 1 aromatic heterocycles. The number of carbonyl (C=O) groups is 1. The van der Waals surface area contributed by atoms with Gasteiger partial charge in [0.2, 0.25) is 0 Å². The quantitative estimate of drug-likeness (QED) is 0.302. The van der Waals surface area contributed by atoms with E-state index >= 15 is 0 Å². The first-order chi connectivity index (χ1) is 17.4. The number of fused-ring (bicyclic) bond motifs is 2. The molecule has 6 rings (SSSR count). The number of thioether (sulfide) groups is 2. The lowest BCUT2D eigenvalue weighted by molar-refractivity contribution is -0.113. The topological polar surface area (TPSA) is 78.3 Å². The number of aryl methyl sites for hydroxylation is 1. The van der Waals surface area contributed by atoms with Gasteiger partial charge >= 0.3 is 0 Å². The van der Waals surface area contributed by atoms with Gasteiger partial charge in [-0.1, -0.05) is 11.8 Å². The van der Waals surface area contributed by atoms with Crippen LogP contribution in [-0.4, -0.2) is 35.3 Å². The summed E-state index contributed by atoms with van der Waals surface area (Å²) in [6.07, 6.45) is 0. The van der Waals surface area contributed by atoms with E-state index in [4.69, 9.17) is 9.73 Å². The number of carbonyl (C=O) groups excluding carboxylic acids is 1. The first-order valence-corrected chi connectivity index (χ1v) is 13.5. The highest BCUT2D eigenvalue weighted by Gasteiger charge is 2.40. The number of anilines is 2. The van der Waals surface area contributed by atoms with Gasteiger partial charge in [-0.2, -0.15) is 0 Å². The molecule has 0 spiro atoms. The van der Waals surface area contributed by atoms with Gasteiger partial charge in [0.05, 0.1) is 44.4 Å². The van der Waals surface area contributed by atoms with Gasteiger partial charge in [0.1, 0.15) is 16.4 Å². The normalized spacial score (nSPS) is 18.5. The van der Waals surface area contributed by atoms with Gasteiger partial charge in [0.25, 0.3) is 5.91 Å². The number of rotatable bonds is 3. The number of hydrogen-bond acceptors (Lipinski definition) is 9. The Hall–Kier alpha value is -3.47. The fourth-order valence-corrected chi connectivity index (χ4v) is 7.25. The fraction of sp³-hybridized carbons (Fsp3) is 0.115. The molecule has 1 saturated heterocycles. The molecule has 1 N–H and O–H groups in total. The van der Waals surface area contributed by atoms with Crippen molar-refractivity contribution in [2.75, 3.05) is 24.0 Å². The van der Waals surface area contributed by atoms with E-state index in [2.05, 4.69) is 4.98 Å². The van der Waals surface area contributed by atoms with Crippen molar-refractivity contribution in [2.45, 2.75) is 11.8 Å². The molecule has 7 nitrogen and oxygen atoms in total. The summed E-state index contributed by atoms with van der Waals surface area (Å²) >= 11 is 4.52. The second kappa shape index (κ2) is 8.88. The zero-order valence-corrected chi connectivity index (χ0v) is 22.0. The molecular weight excluding hydrogens is 513 g/mol. The number of hydrogen-bond donors (Lipinski definition) is 1. The number of aliphatic imine (C=N–C) groups is 1. The average molecular weight is 533 g/mol. The third-order valence-electron chi connectivity index (χ3n) is 5.83. The Morgan fingerprint density at radius 1 is 1.03 bits per heavy atom. The van der Waals surface area contributed by atoms with Crippen molar-refractivity contribution in [1.82, 2.24) is 4.98 Å². The van der Waals surface area contributed by atoms with Crippen molar-refractivity contribution in [2.24, 2.45) is 4.99 Å². The van der Waals surface area contributed by atoms with Crippen LogP contribution in [0.1, 0.15) is 5.01 Å². The van der Waals surface area contributed by atoms with Gasteiger partial charge in [0, 0.05) is 18.0 Å². The molecule has 0 saturated carbocycles. The minimum absolute atomic E-state index is 0.136. The molecule has 3 heterocycles. The summed E-state index contributed by atoms with van der Waals surface area (Å²) in [4.78, 5) is 28.5. The molecule has 1 amide bonds. The molecule has 0 unspecified atom stereocenters. The standard InChI is InChI=1S/C26H20N4O3S3/c1-14-27-19-10-4-15(12-22(19)34-14)28-26-30(16-5-7-17(31)8-6-16)24(32)23(36-26)25-29(2)20-13-18(33-3)9-11-21(20)35-25/h4-13,31H,1-3H3/b25-23-,28-26?. The molecule has 180 valence electrons. The van der Waals surface area contributed by atoms with Gasteiger partial charge in [-0.3, -0.25) is 9.69 Å². The molecule has 0 radical (unpaired) electrons. The minimum atomic E-state index is -0.159. The highest BCUT2D eigenvalue weighted by atomic mass is 32.2. The van der Waals surface area contributed by atoms with Gasteiger partial charge in [-0.15, -0.1) is 11.3 Å². The Kier molecular flexibility index (Phi) is 5.66. The van der Waals surface area contributed by atoms with Crippen molar-refractivity contribution in [3.8, 4) is 11.5 Å². The van der Waals surface area contributed by atoms with Crippen LogP contribution in [0.3, 0.4) is 0 Å². The van der Waals surface area contributed by atoms with Gasteiger partial charge in [0.15, 0.2) is 5.17 Å². The largest absolute Gasteiger partial charge is 0.508 e. The molecule has 36 heavy (non-hydrogen) atoms. The second-order valence-electron chi connectivity index (χ2n) is 8.17. The number of phenolic OH excluding ortho intramolecular Hbond substituents is 1. The van der Waals surface area contributed by atoms with E-state index in [0.717, 1.165) is 42.3 Å². The van der Waals surface area contributed by atoms with E-state index in [0.29, 0.717) is 15.8 Å². The summed E-state index contributed by atoms with van der Waals surface area (Å²) < 4.78 is 6.44. The van der Waals surface area contributed by atoms with Crippen molar-refractivity contribution in [3.05, 3.63) is 75.6 Å². The predicted molar refractivity (Wildman–Crippen MR) is 149 cm³/mol. The van der Waals surface area contributed by atoms with Crippen molar-refractivity contribution in [3.63, 3.8) is 0 Å². The fourth-order valence-electron chi connectivity index (χ4n) is 4.07. The van der Waals surface area contributed by atoms with E-state index in [1.54, 1.807) is 59.4 Å². The molecule has 3 aromatic carbocycles. The third kappa shape index (κ3) is 3.91. The van der Waals surface area contributed by atoms with E-state index in [9.17, 15) is 9.90 Å². The molecule has 0 aliphatic carbocycles. The maximum atomic E-state index is 13.8. The van der Waals surface area contributed by atoms with Crippen LogP contribution in [0.5, 0.6) is 11.5 Å².